The normalized spacial score (nSPS) is 11.0. The van der Waals surface area contributed by atoms with E-state index in [-0.39, 0.29) is 18.0 Å². The Balaban J connectivity index is 0.00000200. The number of carbonyl (C=O) groups is 1. The SMILES string of the molecule is Cc1c(C(=O)O)cnn1-c1ccc(C(F)(F)F)cc1.[Cl-]. The van der Waals surface area contributed by atoms with E-state index in [0.29, 0.717) is 11.4 Å². The molecule has 0 spiro atoms. The van der Waals surface area contributed by atoms with Crippen molar-refractivity contribution in [1.82, 2.24) is 9.78 Å². The van der Waals surface area contributed by atoms with E-state index >= 15 is 0 Å². The van der Waals surface area contributed by atoms with E-state index in [0.717, 1.165) is 18.3 Å². The van der Waals surface area contributed by atoms with Gasteiger partial charge in [-0.15, -0.1) is 0 Å². The highest BCUT2D eigenvalue weighted by Crippen LogP contribution is 2.29. The van der Waals surface area contributed by atoms with E-state index < -0.39 is 17.7 Å². The molecular formula is C12H9ClF3N2O2-. The summed E-state index contributed by atoms with van der Waals surface area (Å²) in [6.07, 6.45) is -3.24. The number of hydrogen-bond donors (Lipinski definition) is 1. The van der Waals surface area contributed by atoms with Crippen LogP contribution >= 0.6 is 0 Å². The Morgan fingerprint density at radius 3 is 2.20 bits per heavy atom. The molecule has 1 heterocycles. The van der Waals surface area contributed by atoms with Gasteiger partial charge in [0.2, 0.25) is 0 Å². The number of alkyl halides is 3. The molecule has 20 heavy (non-hydrogen) atoms. The molecule has 1 aromatic heterocycles. The van der Waals surface area contributed by atoms with Crippen molar-refractivity contribution < 1.29 is 35.5 Å². The van der Waals surface area contributed by atoms with Crippen molar-refractivity contribution >= 4 is 5.97 Å². The Labute approximate surface area is 118 Å². The lowest BCUT2D eigenvalue weighted by atomic mass is 10.2. The second-order valence-electron chi connectivity index (χ2n) is 3.91. The number of halogens is 4. The highest BCUT2D eigenvalue weighted by Gasteiger charge is 2.30. The van der Waals surface area contributed by atoms with Gasteiger partial charge in [0.25, 0.3) is 0 Å². The number of benzene rings is 1. The van der Waals surface area contributed by atoms with Crippen LogP contribution in [0.1, 0.15) is 21.6 Å². The van der Waals surface area contributed by atoms with Gasteiger partial charge >= 0.3 is 12.1 Å². The topological polar surface area (TPSA) is 55.1 Å². The van der Waals surface area contributed by atoms with Crippen molar-refractivity contribution in [3.63, 3.8) is 0 Å². The largest absolute Gasteiger partial charge is 1.00 e. The van der Waals surface area contributed by atoms with Gasteiger partial charge in [-0.25, -0.2) is 9.48 Å². The molecule has 1 N–H and O–H groups in total. The van der Waals surface area contributed by atoms with Crippen molar-refractivity contribution in [1.29, 1.82) is 0 Å². The van der Waals surface area contributed by atoms with Crippen molar-refractivity contribution in [2.75, 3.05) is 0 Å². The maximum atomic E-state index is 12.4. The lowest BCUT2D eigenvalue weighted by molar-refractivity contribution is -0.137. The molecule has 0 amide bonds. The lowest BCUT2D eigenvalue weighted by Crippen LogP contribution is -3.00. The Morgan fingerprint density at radius 1 is 1.25 bits per heavy atom. The minimum absolute atomic E-state index is 0. The summed E-state index contributed by atoms with van der Waals surface area (Å²) in [5.41, 5.74) is -0.0235. The first-order valence-corrected chi connectivity index (χ1v) is 5.26. The summed E-state index contributed by atoms with van der Waals surface area (Å²) in [5, 5.41) is 12.7. The summed E-state index contributed by atoms with van der Waals surface area (Å²) in [6, 6.07) is 4.34. The summed E-state index contributed by atoms with van der Waals surface area (Å²) in [4.78, 5) is 10.8. The van der Waals surface area contributed by atoms with Crippen LogP contribution in [0.2, 0.25) is 0 Å². The van der Waals surface area contributed by atoms with Crippen molar-refractivity contribution in [3.05, 3.63) is 47.3 Å². The van der Waals surface area contributed by atoms with Crippen molar-refractivity contribution in [2.45, 2.75) is 13.1 Å². The van der Waals surface area contributed by atoms with Gasteiger partial charge in [-0.05, 0) is 31.2 Å². The van der Waals surface area contributed by atoms with Crippen LogP contribution in [0.15, 0.2) is 30.5 Å². The van der Waals surface area contributed by atoms with E-state index in [1.165, 1.54) is 23.7 Å². The van der Waals surface area contributed by atoms with Crippen LogP contribution in [-0.4, -0.2) is 20.9 Å². The van der Waals surface area contributed by atoms with Crippen LogP contribution in [0.3, 0.4) is 0 Å². The van der Waals surface area contributed by atoms with E-state index in [9.17, 15) is 18.0 Å². The third-order valence-corrected chi connectivity index (χ3v) is 2.68. The second-order valence-corrected chi connectivity index (χ2v) is 3.91. The first kappa shape index (κ1) is 16.0. The van der Waals surface area contributed by atoms with Gasteiger partial charge in [0.05, 0.1) is 23.1 Å². The second kappa shape index (κ2) is 5.54. The number of aromatic nitrogens is 2. The molecule has 1 aromatic carbocycles. The lowest BCUT2D eigenvalue weighted by Gasteiger charge is -2.08. The van der Waals surface area contributed by atoms with Gasteiger partial charge < -0.3 is 17.5 Å². The zero-order chi connectivity index (χ0) is 14.2. The predicted octanol–water partition coefficient (Wildman–Crippen LogP) is -0.0983. The van der Waals surface area contributed by atoms with E-state index in [1.54, 1.807) is 0 Å². The molecule has 8 heteroatoms. The molecule has 0 unspecified atom stereocenters. The van der Waals surface area contributed by atoms with Crippen molar-refractivity contribution in [2.24, 2.45) is 0 Å². The number of nitrogens with zero attached hydrogens (tertiary/aromatic N) is 2. The number of carboxylic acids is 1. The van der Waals surface area contributed by atoms with Crippen LogP contribution in [0.4, 0.5) is 13.2 Å². The summed E-state index contributed by atoms with van der Waals surface area (Å²) in [5.74, 6) is -1.13. The number of carboxylic acid groups (broad SMARTS) is 1. The van der Waals surface area contributed by atoms with Gasteiger partial charge in [-0.1, -0.05) is 0 Å². The third-order valence-electron chi connectivity index (χ3n) is 2.68. The Morgan fingerprint density at radius 2 is 1.80 bits per heavy atom. The predicted molar refractivity (Wildman–Crippen MR) is 60.3 cm³/mol. The van der Waals surface area contributed by atoms with Gasteiger partial charge in [-0.3, -0.25) is 0 Å². The molecule has 0 saturated heterocycles. The maximum absolute atomic E-state index is 12.4. The zero-order valence-corrected chi connectivity index (χ0v) is 10.9. The zero-order valence-electron chi connectivity index (χ0n) is 10.1. The van der Waals surface area contributed by atoms with Gasteiger partial charge in [0.15, 0.2) is 0 Å². The van der Waals surface area contributed by atoms with Crippen LogP contribution < -0.4 is 12.4 Å². The van der Waals surface area contributed by atoms with Gasteiger partial charge in [-0.2, -0.15) is 18.3 Å². The highest BCUT2D eigenvalue weighted by molar-refractivity contribution is 5.88. The monoisotopic (exact) mass is 305 g/mol. The number of aromatic carboxylic acids is 1. The quantitative estimate of drug-likeness (QED) is 0.843. The van der Waals surface area contributed by atoms with Crippen LogP contribution in [0, 0.1) is 6.92 Å². The molecule has 0 fully saturated rings. The smallest absolute Gasteiger partial charge is 0.416 e. The van der Waals surface area contributed by atoms with Crippen molar-refractivity contribution in [3.8, 4) is 5.69 Å². The molecule has 0 saturated carbocycles. The average Bonchev–Trinajstić information content (AvgIpc) is 2.70. The highest BCUT2D eigenvalue weighted by atomic mass is 35.5. The third kappa shape index (κ3) is 2.93. The minimum atomic E-state index is -4.40. The first-order chi connectivity index (χ1) is 8.80. The van der Waals surface area contributed by atoms with E-state index in [2.05, 4.69) is 5.10 Å². The standard InChI is InChI=1S/C12H9F3N2O2.ClH/c1-7-10(11(18)19)6-16-17(7)9-4-2-8(3-5-9)12(13,14)15;/h2-6H,1H3,(H,18,19);1H/p-1. The van der Waals surface area contributed by atoms with E-state index in [1.807, 2.05) is 0 Å². The molecule has 0 aliphatic heterocycles. The molecule has 2 rings (SSSR count). The molecule has 0 aliphatic rings. The summed E-state index contributed by atoms with van der Waals surface area (Å²) in [6.45, 7) is 1.54. The Bertz CT molecular complexity index is 621. The molecule has 108 valence electrons. The summed E-state index contributed by atoms with van der Waals surface area (Å²) < 4.78 is 38.5. The van der Waals surface area contributed by atoms with Crippen LogP contribution in [0.5, 0.6) is 0 Å². The number of hydrogen-bond acceptors (Lipinski definition) is 2. The Hall–Kier alpha value is -2.02. The molecule has 2 aromatic rings. The summed E-state index contributed by atoms with van der Waals surface area (Å²) in [7, 11) is 0. The molecule has 0 radical (unpaired) electrons. The Kier molecular flexibility index (Phi) is 4.44. The fourth-order valence-corrected chi connectivity index (χ4v) is 1.67. The van der Waals surface area contributed by atoms with Crippen LogP contribution in [0.25, 0.3) is 5.69 Å². The van der Waals surface area contributed by atoms with Gasteiger partial charge in [0, 0.05) is 0 Å². The average molecular weight is 306 g/mol. The molecule has 0 aliphatic carbocycles. The molecule has 4 nitrogen and oxygen atoms in total. The van der Waals surface area contributed by atoms with E-state index in [4.69, 9.17) is 5.11 Å². The molecule has 0 atom stereocenters. The molecule has 0 bridgehead atoms. The fourth-order valence-electron chi connectivity index (χ4n) is 1.67. The molecular weight excluding hydrogens is 297 g/mol. The number of rotatable bonds is 2. The summed E-state index contributed by atoms with van der Waals surface area (Å²) >= 11 is 0. The van der Waals surface area contributed by atoms with Crippen LogP contribution in [-0.2, 0) is 6.18 Å². The maximum Gasteiger partial charge on any atom is 0.416 e. The van der Waals surface area contributed by atoms with Gasteiger partial charge in [0.1, 0.15) is 5.56 Å². The fraction of sp³-hybridized carbons (Fsp3) is 0.167. The first-order valence-electron chi connectivity index (χ1n) is 5.26. The minimum Gasteiger partial charge on any atom is -1.00 e.